The van der Waals surface area contributed by atoms with Crippen LogP contribution in [0.15, 0.2) is 23.8 Å². The fourth-order valence-corrected chi connectivity index (χ4v) is 7.15. The lowest BCUT2D eigenvalue weighted by Gasteiger charge is -2.56. The van der Waals surface area contributed by atoms with Crippen LogP contribution in [0.5, 0.6) is 0 Å². The van der Waals surface area contributed by atoms with Crippen LogP contribution in [0.1, 0.15) is 58.8 Å². The number of ether oxygens (including phenoxy) is 1. The summed E-state index contributed by atoms with van der Waals surface area (Å²) in [6, 6.07) is 0. The van der Waals surface area contributed by atoms with Gasteiger partial charge in [0.15, 0.2) is 0 Å². The van der Waals surface area contributed by atoms with E-state index in [0.29, 0.717) is 23.9 Å². The molecule has 0 aromatic heterocycles. The molecule has 0 amide bonds. The predicted octanol–water partition coefficient (Wildman–Crippen LogP) is 4.35. The zero-order chi connectivity index (χ0) is 19.1. The van der Waals surface area contributed by atoms with E-state index < -0.39 is 0 Å². The van der Waals surface area contributed by atoms with Gasteiger partial charge in [0.2, 0.25) is 0 Å². The van der Waals surface area contributed by atoms with Crippen LogP contribution >= 0.6 is 0 Å². The third-order valence-corrected chi connectivity index (χ3v) is 8.30. The summed E-state index contributed by atoms with van der Waals surface area (Å²) in [4.78, 5) is 0. The summed E-state index contributed by atoms with van der Waals surface area (Å²) < 4.78 is 5.68. The second kappa shape index (κ2) is 7.77. The van der Waals surface area contributed by atoms with Crippen molar-refractivity contribution in [1.82, 2.24) is 0 Å². The molecule has 3 heteroatoms. The molecule has 0 aromatic rings. The highest BCUT2D eigenvalue weighted by Gasteiger charge is 2.58. The van der Waals surface area contributed by atoms with Gasteiger partial charge in [-0.15, -0.1) is 6.58 Å². The highest BCUT2D eigenvalue weighted by Crippen LogP contribution is 2.64. The van der Waals surface area contributed by atoms with Gasteiger partial charge in [0.1, 0.15) is 0 Å². The summed E-state index contributed by atoms with van der Waals surface area (Å²) in [5, 5.41) is 17.7. The van der Waals surface area contributed by atoms with Crippen molar-refractivity contribution in [3.63, 3.8) is 0 Å². The molecular formula is C23H38O3. The van der Waals surface area contributed by atoms with Crippen molar-refractivity contribution >= 4 is 0 Å². The molecule has 4 rings (SSSR count). The minimum absolute atomic E-state index is 0.107. The van der Waals surface area contributed by atoms with Gasteiger partial charge in [0.05, 0.1) is 12.2 Å². The van der Waals surface area contributed by atoms with Crippen molar-refractivity contribution in [2.45, 2.75) is 71.0 Å². The van der Waals surface area contributed by atoms with Crippen LogP contribution in [0.3, 0.4) is 0 Å². The molecule has 0 spiro atoms. The molecule has 0 aromatic carbocycles. The molecule has 2 N–H and O–H groups in total. The quantitative estimate of drug-likeness (QED) is 0.718. The molecule has 8 atom stereocenters. The van der Waals surface area contributed by atoms with E-state index in [0.717, 1.165) is 38.2 Å². The Hall–Kier alpha value is -0.640. The summed E-state index contributed by atoms with van der Waals surface area (Å²) in [7, 11) is 2.86. The number of hydrogen-bond acceptors (Lipinski definition) is 3. The normalized spacial score (nSPS) is 47.2. The number of allylic oxidation sites excluding steroid dienone is 2. The van der Waals surface area contributed by atoms with Gasteiger partial charge in [-0.2, -0.15) is 0 Å². The van der Waals surface area contributed by atoms with Gasteiger partial charge in [-0.25, -0.2) is 0 Å². The summed E-state index contributed by atoms with van der Waals surface area (Å²) in [6.45, 7) is 9.04. The fraction of sp³-hybridized carbons (Fsp3) is 0.826. The van der Waals surface area contributed by atoms with Crippen molar-refractivity contribution in [2.75, 3.05) is 14.2 Å². The number of aliphatic hydroxyl groups excluding tert-OH is 2. The average Bonchev–Trinajstić information content (AvgIpc) is 2.96. The maximum atomic E-state index is 10.7. The van der Waals surface area contributed by atoms with Crippen LogP contribution in [0.4, 0.5) is 0 Å². The first-order valence-corrected chi connectivity index (χ1v) is 10.5. The minimum atomic E-state index is -0.113. The van der Waals surface area contributed by atoms with Crippen molar-refractivity contribution in [1.29, 1.82) is 0 Å². The highest BCUT2D eigenvalue weighted by atomic mass is 16.5. The molecule has 2 saturated carbocycles. The molecule has 4 aliphatic carbocycles. The number of methoxy groups -OCH3 is 1. The smallest absolute Gasteiger partial charge is 0.0611 e. The summed E-state index contributed by atoms with van der Waals surface area (Å²) in [6.07, 6.45) is 10.7. The minimum Gasteiger partial charge on any atom is -0.400 e. The Morgan fingerprint density at radius 3 is 2.58 bits per heavy atom. The fourth-order valence-electron chi connectivity index (χ4n) is 7.15. The van der Waals surface area contributed by atoms with E-state index in [1.165, 1.54) is 25.7 Å². The van der Waals surface area contributed by atoms with Crippen molar-refractivity contribution in [3.8, 4) is 0 Å². The van der Waals surface area contributed by atoms with Crippen molar-refractivity contribution in [3.05, 3.63) is 23.8 Å². The summed E-state index contributed by atoms with van der Waals surface area (Å²) in [5.41, 5.74) is 3.58. The first-order chi connectivity index (χ1) is 12.5. The van der Waals surface area contributed by atoms with Gasteiger partial charge in [-0.1, -0.05) is 31.1 Å². The lowest BCUT2D eigenvalue weighted by molar-refractivity contribution is -0.0652. The Balaban J connectivity index is 0.000000948. The van der Waals surface area contributed by atoms with E-state index in [-0.39, 0.29) is 11.5 Å². The topological polar surface area (TPSA) is 49.7 Å². The lowest BCUT2D eigenvalue weighted by Crippen LogP contribution is -2.51. The number of hydrogen-bond donors (Lipinski definition) is 2. The van der Waals surface area contributed by atoms with Crippen LogP contribution in [0.2, 0.25) is 0 Å². The van der Waals surface area contributed by atoms with E-state index in [9.17, 15) is 5.11 Å². The Kier molecular flexibility index (Phi) is 6.01. The average molecular weight is 363 g/mol. The van der Waals surface area contributed by atoms with E-state index in [2.05, 4.69) is 26.5 Å². The largest absolute Gasteiger partial charge is 0.400 e. The molecule has 4 aliphatic rings. The monoisotopic (exact) mass is 362 g/mol. The molecule has 0 bridgehead atoms. The number of fused-ring (bicyclic) bond motifs is 4. The second-order valence-corrected chi connectivity index (χ2v) is 9.32. The van der Waals surface area contributed by atoms with Crippen LogP contribution in [0, 0.1) is 35.0 Å². The first kappa shape index (κ1) is 20.1. The van der Waals surface area contributed by atoms with Gasteiger partial charge in [0, 0.05) is 14.2 Å². The van der Waals surface area contributed by atoms with Gasteiger partial charge in [0.25, 0.3) is 0 Å². The molecule has 0 saturated heterocycles. The zero-order valence-corrected chi connectivity index (χ0v) is 17.1. The van der Waals surface area contributed by atoms with Crippen LogP contribution < -0.4 is 0 Å². The maximum absolute atomic E-state index is 10.7. The third kappa shape index (κ3) is 3.00. The zero-order valence-electron chi connectivity index (χ0n) is 17.1. The second-order valence-electron chi connectivity index (χ2n) is 9.32. The molecular weight excluding hydrogens is 324 g/mol. The van der Waals surface area contributed by atoms with Crippen LogP contribution in [0.25, 0.3) is 0 Å². The van der Waals surface area contributed by atoms with E-state index in [4.69, 9.17) is 9.84 Å². The summed E-state index contributed by atoms with van der Waals surface area (Å²) >= 11 is 0. The Labute approximate surface area is 159 Å². The van der Waals surface area contributed by atoms with Gasteiger partial charge >= 0.3 is 0 Å². The highest BCUT2D eigenvalue weighted by molar-refractivity contribution is 5.30. The molecule has 0 radical (unpaired) electrons. The van der Waals surface area contributed by atoms with Crippen molar-refractivity contribution < 1.29 is 14.9 Å². The summed E-state index contributed by atoms with van der Waals surface area (Å²) in [5.74, 6) is 3.37. The predicted molar refractivity (Wildman–Crippen MR) is 106 cm³/mol. The molecule has 7 unspecified atom stereocenters. The molecule has 2 fully saturated rings. The Morgan fingerprint density at radius 1 is 1.19 bits per heavy atom. The lowest BCUT2D eigenvalue weighted by atomic mass is 9.48. The Morgan fingerprint density at radius 2 is 1.92 bits per heavy atom. The maximum Gasteiger partial charge on any atom is 0.0611 e. The standard InChI is InChI=1S/C22H34O2.CH4O/c1-5-14-12-22(3)18(8-9-19(22)23)20-13(2)10-15-11-16(24-4)6-7-17(15)21(14)20;1-2/h5,13-14,16,18-21,23H,1,6-12H2,2-4H3;2H,1H3/t13-,14?,16?,18?,19?,20?,21?,22?;/m1./s1. The number of rotatable bonds is 2. The molecule has 3 nitrogen and oxygen atoms in total. The van der Waals surface area contributed by atoms with Gasteiger partial charge < -0.3 is 14.9 Å². The van der Waals surface area contributed by atoms with Gasteiger partial charge in [-0.3, -0.25) is 0 Å². The van der Waals surface area contributed by atoms with E-state index in [1.807, 2.05) is 7.11 Å². The number of aliphatic hydroxyl groups is 2. The van der Waals surface area contributed by atoms with Gasteiger partial charge in [-0.05, 0) is 80.0 Å². The SMILES string of the molecule is C=CC1CC2(C)C(O)CCC2C2C1C1=C(CC(OC)CC1)C[C@H]2C.CO. The van der Waals surface area contributed by atoms with E-state index in [1.54, 1.807) is 11.1 Å². The van der Waals surface area contributed by atoms with Crippen molar-refractivity contribution in [2.24, 2.45) is 35.0 Å². The first-order valence-electron chi connectivity index (χ1n) is 10.5. The third-order valence-electron chi connectivity index (χ3n) is 8.30. The molecule has 0 heterocycles. The Bertz CT molecular complexity index is 554. The molecule has 0 aliphatic heterocycles. The van der Waals surface area contributed by atoms with E-state index >= 15 is 0 Å². The molecule has 148 valence electrons. The van der Waals surface area contributed by atoms with Crippen LogP contribution in [-0.2, 0) is 4.74 Å². The van der Waals surface area contributed by atoms with Crippen LogP contribution in [-0.4, -0.2) is 36.6 Å². The molecule has 26 heavy (non-hydrogen) atoms.